The van der Waals surface area contributed by atoms with Crippen LogP contribution < -0.4 is 11.1 Å². The Kier molecular flexibility index (Phi) is 5.69. The lowest BCUT2D eigenvalue weighted by molar-refractivity contribution is 0.670. The zero-order valence-electron chi connectivity index (χ0n) is 23.0. The highest BCUT2D eigenvalue weighted by Crippen LogP contribution is 2.36. The molecule has 0 aliphatic heterocycles. The summed E-state index contributed by atoms with van der Waals surface area (Å²) in [5.41, 5.74) is 7.13. The number of furan rings is 1. The molecule has 0 atom stereocenters. The molecule has 0 aliphatic rings. The van der Waals surface area contributed by atoms with Gasteiger partial charge in [-0.3, -0.25) is 18.7 Å². The molecule has 0 N–H and O–H groups in total. The van der Waals surface area contributed by atoms with Gasteiger partial charge in [0.2, 0.25) is 0 Å². The molecule has 2 heterocycles. The van der Waals surface area contributed by atoms with Gasteiger partial charge in [0.1, 0.15) is 11.2 Å². The smallest absolute Gasteiger partial charge is 0.321 e. The first-order valence-corrected chi connectivity index (χ1v) is 14.1. The number of fused-ring (bicyclic) bond motifs is 4. The Morgan fingerprint density at radius 3 is 1.70 bits per heavy atom. The Morgan fingerprint density at radius 1 is 0.442 bits per heavy atom. The van der Waals surface area contributed by atoms with Crippen LogP contribution in [-0.4, -0.2) is 9.13 Å². The number of aromatic nitrogens is 2. The van der Waals surface area contributed by atoms with E-state index in [1.54, 1.807) is 0 Å². The molecule has 5 nitrogen and oxygen atoms in total. The molecule has 43 heavy (non-hydrogen) atoms. The summed E-state index contributed by atoms with van der Waals surface area (Å²) in [5.74, 6) is 0. The van der Waals surface area contributed by atoms with Gasteiger partial charge in [0.25, 0.3) is 0 Å². The molecule has 0 unspecified atom stereocenters. The van der Waals surface area contributed by atoms with E-state index < -0.39 is 11.1 Å². The molecule has 0 saturated carbocycles. The van der Waals surface area contributed by atoms with E-state index in [1.807, 2.05) is 97.1 Å². The van der Waals surface area contributed by atoms with E-state index in [2.05, 4.69) is 48.5 Å². The largest absolute Gasteiger partial charge is 0.455 e. The fourth-order valence-electron chi connectivity index (χ4n) is 5.96. The van der Waals surface area contributed by atoms with Crippen molar-refractivity contribution in [3.63, 3.8) is 0 Å². The molecule has 0 radical (unpaired) electrons. The second kappa shape index (κ2) is 9.86. The topological polar surface area (TPSA) is 57.1 Å². The molecular formula is C38H24N2O3. The van der Waals surface area contributed by atoms with E-state index in [1.165, 1.54) is 9.13 Å². The third-order valence-corrected chi connectivity index (χ3v) is 8.01. The highest BCUT2D eigenvalue weighted by molar-refractivity contribution is 6.09. The molecule has 0 bridgehead atoms. The Hall–Kier alpha value is -5.94. The predicted octanol–water partition coefficient (Wildman–Crippen LogP) is 8.38. The van der Waals surface area contributed by atoms with Crippen molar-refractivity contribution >= 4 is 33.0 Å². The summed E-state index contributed by atoms with van der Waals surface area (Å²) in [6, 6.07) is 47.1. The van der Waals surface area contributed by atoms with Gasteiger partial charge >= 0.3 is 11.1 Å². The van der Waals surface area contributed by atoms with E-state index >= 15 is 0 Å². The van der Waals surface area contributed by atoms with Crippen molar-refractivity contribution in [3.8, 4) is 33.6 Å². The van der Waals surface area contributed by atoms with Crippen LogP contribution in [0.4, 0.5) is 0 Å². The van der Waals surface area contributed by atoms with Crippen molar-refractivity contribution in [3.05, 3.63) is 166 Å². The number of nitrogens with zero attached hydrogens (tertiary/aromatic N) is 2. The lowest BCUT2D eigenvalue weighted by Crippen LogP contribution is -2.40. The Balaban J connectivity index is 1.29. The molecule has 0 amide bonds. The fourth-order valence-corrected chi connectivity index (χ4v) is 5.96. The van der Waals surface area contributed by atoms with E-state index in [4.69, 9.17) is 4.42 Å². The number of hydrogen-bond donors (Lipinski definition) is 0. The first kappa shape index (κ1) is 24.8. The molecule has 2 aromatic heterocycles. The first-order valence-electron chi connectivity index (χ1n) is 14.1. The zero-order valence-corrected chi connectivity index (χ0v) is 23.0. The Labute approximate surface area is 246 Å². The van der Waals surface area contributed by atoms with Crippen molar-refractivity contribution in [1.29, 1.82) is 0 Å². The summed E-state index contributed by atoms with van der Waals surface area (Å²) < 4.78 is 9.27. The van der Waals surface area contributed by atoms with Gasteiger partial charge in [0, 0.05) is 27.7 Å². The van der Waals surface area contributed by atoms with Gasteiger partial charge < -0.3 is 4.42 Å². The summed E-state index contributed by atoms with van der Waals surface area (Å²) in [6.45, 7) is 0. The van der Waals surface area contributed by atoms with Crippen molar-refractivity contribution < 1.29 is 4.42 Å². The van der Waals surface area contributed by atoms with Crippen LogP contribution in [0.3, 0.4) is 0 Å². The average Bonchev–Trinajstić information content (AvgIpc) is 3.45. The number of hydrogen-bond acceptors (Lipinski definition) is 3. The van der Waals surface area contributed by atoms with Crippen LogP contribution in [0, 0.1) is 0 Å². The quantitative estimate of drug-likeness (QED) is 0.205. The van der Waals surface area contributed by atoms with Gasteiger partial charge in [-0.25, -0.2) is 0 Å². The van der Waals surface area contributed by atoms with Gasteiger partial charge in [-0.05, 0) is 59.2 Å². The van der Waals surface area contributed by atoms with Crippen LogP contribution in [0.25, 0.3) is 66.6 Å². The lowest BCUT2D eigenvalue weighted by atomic mass is 9.98. The zero-order chi connectivity index (χ0) is 28.9. The SMILES string of the molecule is O=c1c(=O)n(-c2ccccc2)c2cc(-c3ccc(-c4cccc5c4oc4ccccc45)cc3)ccc2n1-c1ccccc1. The Morgan fingerprint density at radius 2 is 1.00 bits per heavy atom. The van der Waals surface area contributed by atoms with Gasteiger partial charge in [0.15, 0.2) is 0 Å². The molecule has 8 rings (SSSR count). The predicted molar refractivity (Wildman–Crippen MR) is 173 cm³/mol. The standard InChI is InChI=1S/C38H24N2O3/c41-37-38(42)40(29-12-5-2-6-13-29)34-24-27(22-23-33(34)39(37)28-10-3-1-4-11-28)25-18-20-26(21-19-25)30-15-9-16-32-31-14-7-8-17-35(31)43-36(30)32/h1-24H. The van der Waals surface area contributed by atoms with Crippen LogP contribution in [0.5, 0.6) is 0 Å². The molecule has 204 valence electrons. The molecule has 5 heteroatoms. The molecule has 0 spiro atoms. The van der Waals surface area contributed by atoms with Crippen LogP contribution >= 0.6 is 0 Å². The summed E-state index contributed by atoms with van der Waals surface area (Å²) in [4.78, 5) is 27.1. The lowest BCUT2D eigenvalue weighted by Gasteiger charge is -2.16. The summed E-state index contributed by atoms with van der Waals surface area (Å²) >= 11 is 0. The molecule has 6 aromatic carbocycles. The summed E-state index contributed by atoms with van der Waals surface area (Å²) in [5, 5.41) is 2.20. The normalized spacial score (nSPS) is 11.4. The van der Waals surface area contributed by atoms with Crippen molar-refractivity contribution in [2.24, 2.45) is 0 Å². The van der Waals surface area contributed by atoms with Gasteiger partial charge in [-0.2, -0.15) is 0 Å². The van der Waals surface area contributed by atoms with Gasteiger partial charge in [0.05, 0.1) is 11.0 Å². The fraction of sp³-hybridized carbons (Fsp3) is 0. The average molecular weight is 557 g/mol. The van der Waals surface area contributed by atoms with Crippen LogP contribution in [0.15, 0.2) is 160 Å². The first-order chi connectivity index (χ1) is 21.2. The van der Waals surface area contributed by atoms with Gasteiger partial charge in [-0.15, -0.1) is 0 Å². The number of benzene rings is 6. The number of para-hydroxylation sites is 4. The maximum absolute atomic E-state index is 13.6. The van der Waals surface area contributed by atoms with E-state index in [0.29, 0.717) is 22.4 Å². The van der Waals surface area contributed by atoms with E-state index in [0.717, 1.165) is 44.2 Å². The monoisotopic (exact) mass is 556 g/mol. The van der Waals surface area contributed by atoms with Crippen LogP contribution in [0.1, 0.15) is 0 Å². The molecular weight excluding hydrogens is 532 g/mol. The maximum Gasteiger partial charge on any atom is 0.321 e. The number of rotatable bonds is 4. The highest BCUT2D eigenvalue weighted by Gasteiger charge is 2.17. The summed E-state index contributed by atoms with van der Waals surface area (Å²) in [6.07, 6.45) is 0. The summed E-state index contributed by atoms with van der Waals surface area (Å²) in [7, 11) is 0. The van der Waals surface area contributed by atoms with Crippen LogP contribution in [-0.2, 0) is 0 Å². The highest BCUT2D eigenvalue weighted by atomic mass is 16.3. The van der Waals surface area contributed by atoms with Crippen molar-refractivity contribution in [2.45, 2.75) is 0 Å². The minimum atomic E-state index is -0.603. The minimum absolute atomic E-state index is 0.598. The third kappa shape index (κ3) is 4.02. The van der Waals surface area contributed by atoms with Crippen molar-refractivity contribution in [2.75, 3.05) is 0 Å². The maximum atomic E-state index is 13.6. The second-order valence-electron chi connectivity index (χ2n) is 10.5. The van der Waals surface area contributed by atoms with Crippen LogP contribution in [0.2, 0.25) is 0 Å². The van der Waals surface area contributed by atoms with E-state index in [-0.39, 0.29) is 0 Å². The molecule has 0 saturated heterocycles. The van der Waals surface area contributed by atoms with E-state index in [9.17, 15) is 9.59 Å². The minimum Gasteiger partial charge on any atom is -0.455 e. The third-order valence-electron chi connectivity index (χ3n) is 8.01. The van der Waals surface area contributed by atoms with Gasteiger partial charge in [-0.1, -0.05) is 103 Å². The molecule has 0 aliphatic carbocycles. The second-order valence-corrected chi connectivity index (χ2v) is 10.5. The molecule has 0 fully saturated rings. The van der Waals surface area contributed by atoms with Crippen molar-refractivity contribution in [1.82, 2.24) is 9.13 Å². The Bertz CT molecular complexity index is 2420. The molecule has 8 aromatic rings.